The van der Waals surface area contributed by atoms with Crippen LogP contribution in [0.4, 0.5) is 0 Å². The molecule has 114 valence electrons. The average molecular weight is 296 g/mol. The minimum atomic E-state index is 0.0623. The van der Waals surface area contributed by atoms with Crippen LogP contribution in [0.1, 0.15) is 31.4 Å². The smallest absolute Gasteiger partial charge is 0.226 e. The van der Waals surface area contributed by atoms with Crippen molar-refractivity contribution in [3.63, 3.8) is 0 Å². The van der Waals surface area contributed by atoms with Gasteiger partial charge in [-0.3, -0.25) is 4.79 Å². The van der Waals surface area contributed by atoms with Gasteiger partial charge in [-0.25, -0.2) is 4.98 Å². The topological polar surface area (TPSA) is 55.1 Å². The number of nitrogens with one attached hydrogen (secondary N) is 1. The number of nitrogens with zero attached hydrogens (tertiary/aromatic N) is 1. The van der Waals surface area contributed by atoms with E-state index < -0.39 is 0 Å². The van der Waals surface area contributed by atoms with Gasteiger partial charge in [0.25, 0.3) is 0 Å². The molecule has 0 aliphatic heterocycles. The van der Waals surface area contributed by atoms with Crippen molar-refractivity contribution in [3.8, 4) is 11.5 Å². The van der Waals surface area contributed by atoms with E-state index in [-0.39, 0.29) is 5.91 Å². The van der Waals surface area contributed by atoms with E-state index >= 15 is 0 Å². The Kier molecular flexibility index (Phi) is 3.45. The van der Waals surface area contributed by atoms with Gasteiger partial charge in [-0.1, -0.05) is 31.0 Å². The Labute approximate surface area is 129 Å². The Morgan fingerprint density at radius 1 is 1.18 bits per heavy atom. The molecule has 2 saturated carbocycles. The van der Waals surface area contributed by atoms with Gasteiger partial charge in [-0.15, -0.1) is 0 Å². The highest BCUT2D eigenvalue weighted by atomic mass is 16.3. The molecule has 4 rings (SSSR count). The fraction of sp³-hybridized carbons (Fsp3) is 0.444. The Morgan fingerprint density at radius 2 is 1.91 bits per heavy atom. The predicted molar refractivity (Wildman–Crippen MR) is 83.0 cm³/mol. The highest BCUT2D eigenvalue weighted by Gasteiger charge is 2.51. The lowest BCUT2D eigenvalue weighted by Crippen LogP contribution is -2.29. The van der Waals surface area contributed by atoms with E-state index in [1.165, 1.54) is 25.7 Å². The molecule has 0 radical (unpaired) electrons. The molecule has 1 aromatic carbocycles. The van der Waals surface area contributed by atoms with Crippen molar-refractivity contribution in [3.05, 3.63) is 42.3 Å². The number of hydrogen-bond donors (Lipinski definition) is 1. The maximum atomic E-state index is 12.2. The van der Waals surface area contributed by atoms with Crippen LogP contribution in [0.3, 0.4) is 0 Å². The van der Waals surface area contributed by atoms with Crippen LogP contribution in [0, 0.1) is 11.8 Å². The molecule has 1 amide bonds. The van der Waals surface area contributed by atoms with Crippen molar-refractivity contribution < 1.29 is 9.21 Å². The van der Waals surface area contributed by atoms with Crippen LogP contribution in [0.25, 0.3) is 11.5 Å². The Balaban J connectivity index is 1.36. The van der Waals surface area contributed by atoms with E-state index in [1.54, 1.807) is 6.26 Å². The lowest BCUT2D eigenvalue weighted by molar-refractivity contribution is -0.120. The third kappa shape index (κ3) is 2.65. The monoisotopic (exact) mass is 296 g/mol. The summed E-state index contributed by atoms with van der Waals surface area (Å²) in [6, 6.07) is 10.2. The molecule has 22 heavy (non-hydrogen) atoms. The van der Waals surface area contributed by atoms with E-state index in [9.17, 15) is 4.79 Å². The van der Waals surface area contributed by atoms with Gasteiger partial charge in [0.05, 0.1) is 12.1 Å². The quantitative estimate of drug-likeness (QED) is 0.942. The number of hydrogen-bond acceptors (Lipinski definition) is 3. The molecule has 2 unspecified atom stereocenters. The molecule has 2 atom stereocenters. The summed E-state index contributed by atoms with van der Waals surface area (Å²) in [4.78, 5) is 16.6. The van der Waals surface area contributed by atoms with E-state index in [2.05, 4.69) is 10.3 Å². The van der Waals surface area contributed by atoms with Gasteiger partial charge in [0.1, 0.15) is 6.26 Å². The molecule has 2 fully saturated rings. The second-order valence-corrected chi connectivity index (χ2v) is 6.39. The summed E-state index contributed by atoms with van der Waals surface area (Å²) in [6.45, 7) is 0. The fourth-order valence-corrected chi connectivity index (χ4v) is 3.71. The summed E-state index contributed by atoms with van der Waals surface area (Å²) in [5.41, 5.74) is 1.63. The van der Waals surface area contributed by atoms with E-state index in [0.29, 0.717) is 24.0 Å². The predicted octanol–water partition coefficient (Wildman–Crippen LogP) is 3.19. The van der Waals surface area contributed by atoms with Crippen molar-refractivity contribution in [1.29, 1.82) is 0 Å². The molecule has 4 heteroatoms. The molecule has 2 aliphatic carbocycles. The third-order valence-electron chi connectivity index (χ3n) is 4.90. The fourth-order valence-electron chi connectivity index (χ4n) is 3.71. The van der Waals surface area contributed by atoms with Gasteiger partial charge in [0, 0.05) is 11.6 Å². The molecule has 1 aromatic heterocycles. The number of rotatable bonds is 4. The zero-order valence-electron chi connectivity index (χ0n) is 12.5. The van der Waals surface area contributed by atoms with Gasteiger partial charge in [-0.2, -0.15) is 0 Å². The number of amides is 1. The van der Waals surface area contributed by atoms with Crippen molar-refractivity contribution in [2.24, 2.45) is 11.8 Å². The Hall–Kier alpha value is -2.10. The van der Waals surface area contributed by atoms with E-state index in [4.69, 9.17) is 4.42 Å². The van der Waals surface area contributed by atoms with Gasteiger partial charge in [0.2, 0.25) is 11.8 Å². The normalized spacial score (nSPS) is 26.3. The maximum absolute atomic E-state index is 12.2. The maximum Gasteiger partial charge on any atom is 0.226 e. The third-order valence-corrected chi connectivity index (χ3v) is 4.90. The van der Waals surface area contributed by atoms with Crippen LogP contribution in [0.15, 0.2) is 41.0 Å². The standard InChI is InChI=1S/C18H20N2O2/c21-16(20-17-14-8-4-5-9-15(14)17)10-13-11-22-18(19-13)12-6-2-1-3-7-12/h1-3,6-7,11,14-15,17H,4-5,8-10H2,(H,20,21). The lowest BCUT2D eigenvalue weighted by Gasteiger charge is -2.04. The summed E-state index contributed by atoms with van der Waals surface area (Å²) in [6.07, 6.45) is 7.07. The summed E-state index contributed by atoms with van der Waals surface area (Å²) in [5.74, 6) is 2.10. The second kappa shape index (κ2) is 5.59. The number of oxazole rings is 1. The largest absolute Gasteiger partial charge is 0.444 e. The van der Waals surface area contributed by atoms with Crippen LogP contribution < -0.4 is 5.32 Å². The molecular formula is C18H20N2O2. The second-order valence-electron chi connectivity index (χ2n) is 6.39. The molecule has 0 saturated heterocycles. The van der Waals surface area contributed by atoms with E-state index in [1.807, 2.05) is 30.3 Å². The Bertz CT molecular complexity index is 653. The highest BCUT2D eigenvalue weighted by molar-refractivity contribution is 5.79. The lowest BCUT2D eigenvalue weighted by atomic mass is 10.0. The zero-order chi connectivity index (χ0) is 14.9. The van der Waals surface area contributed by atoms with Crippen molar-refractivity contribution in [2.75, 3.05) is 0 Å². The molecule has 2 aliphatic rings. The summed E-state index contributed by atoms with van der Waals surface area (Å²) < 4.78 is 5.48. The number of carbonyl (C=O) groups excluding carboxylic acids is 1. The zero-order valence-corrected chi connectivity index (χ0v) is 12.5. The minimum Gasteiger partial charge on any atom is -0.444 e. The first-order chi connectivity index (χ1) is 10.8. The average Bonchev–Trinajstić information content (AvgIpc) is 3.03. The Morgan fingerprint density at radius 3 is 2.64 bits per heavy atom. The van der Waals surface area contributed by atoms with Crippen molar-refractivity contribution in [1.82, 2.24) is 10.3 Å². The molecular weight excluding hydrogens is 276 g/mol. The summed E-state index contributed by atoms with van der Waals surface area (Å²) in [5, 5.41) is 3.17. The SMILES string of the molecule is O=C(Cc1coc(-c2ccccc2)n1)NC1C2CCCCC21. The van der Waals surface area contributed by atoms with Gasteiger partial charge >= 0.3 is 0 Å². The van der Waals surface area contributed by atoms with Crippen molar-refractivity contribution >= 4 is 5.91 Å². The van der Waals surface area contributed by atoms with Crippen LogP contribution in [0.2, 0.25) is 0 Å². The first-order valence-electron chi connectivity index (χ1n) is 8.10. The molecule has 2 aromatic rings. The molecule has 1 N–H and O–H groups in total. The molecule has 4 nitrogen and oxygen atoms in total. The summed E-state index contributed by atoms with van der Waals surface area (Å²) >= 11 is 0. The van der Waals surface area contributed by atoms with Crippen LogP contribution in [0.5, 0.6) is 0 Å². The van der Waals surface area contributed by atoms with Crippen LogP contribution in [-0.2, 0) is 11.2 Å². The number of carbonyl (C=O) groups is 1. The van der Waals surface area contributed by atoms with Gasteiger partial charge in [-0.05, 0) is 36.8 Å². The number of aromatic nitrogens is 1. The molecule has 1 heterocycles. The first kappa shape index (κ1) is 13.6. The number of benzene rings is 1. The number of fused-ring (bicyclic) bond motifs is 1. The minimum absolute atomic E-state index is 0.0623. The van der Waals surface area contributed by atoms with Gasteiger partial charge < -0.3 is 9.73 Å². The summed E-state index contributed by atoms with van der Waals surface area (Å²) in [7, 11) is 0. The molecule has 0 bridgehead atoms. The highest BCUT2D eigenvalue weighted by Crippen LogP contribution is 2.49. The van der Waals surface area contributed by atoms with E-state index in [0.717, 1.165) is 17.4 Å². The molecule has 0 spiro atoms. The first-order valence-corrected chi connectivity index (χ1v) is 8.10. The van der Waals surface area contributed by atoms with Crippen LogP contribution in [-0.4, -0.2) is 16.9 Å². The van der Waals surface area contributed by atoms with Crippen LogP contribution >= 0.6 is 0 Å². The van der Waals surface area contributed by atoms with Crippen molar-refractivity contribution in [2.45, 2.75) is 38.1 Å². The van der Waals surface area contributed by atoms with Gasteiger partial charge in [0.15, 0.2) is 0 Å².